The minimum absolute atomic E-state index is 0.00538. The fourth-order valence-corrected chi connectivity index (χ4v) is 3.84. The van der Waals surface area contributed by atoms with Crippen molar-refractivity contribution < 1.29 is 4.79 Å². The van der Waals surface area contributed by atoms with E-state index in [0.717, 1.165) is 24.2 Å². The van der Waals surface area contributed by atoms with Gasteiger partial charge < -0.3 is 15.1 Å². The van der Waals surface area contributed by atoms with Crippen molar-refractivity contribution in [3.63, 3.8) is 0 Å². The molecule has 25 heavy (non-hydrogen) atoms. The Morgan fingerprint density at radius 1 is 0.920 bits per heavy atom. The van der Waals surface area contributed by atoms with Crippen LogP contribution in [0.4, 0.5) is 4.79 Å². The fourth-order valence-electron chi connectivity index (χ4n) is 3.84. The van der Waals surface area contributed by atoms with Crippen molar-refractivity contribution in [3.05, 3.63) is 71.8 Å². The summed E-state index contributed by atoms with van der Waals surface area (Å²) >= 11 is 0. The molecule has 0 aromatic heterocycles. The number of benzene rings is 2. The van der Waals surface area contributed by atoms with Crippen LogP contribution in [-0.2, 0) is 0 Å². The van der Waals surface area contributed by atoms with Gasteiger partial charge in [0.15, 0.2) is 0 Å². The fraction of sp³-hybridized carbons (Fsp3) is 0.381. The van der Waals surface area contributed by atoms with Crippen LogP contribution in [-0.4, -0.2) is 48.1 Å². The number of carbonyl (C=O) groups is 1. The van der Waals surface area contributed by atoms with E-state index in [1.807, 2.05) is 41.3 Å². The molecular weight excluding hydrogens is 310 g/mol. The second kappa shape index (κ2) is 7.70. The summed E-state index contributed by atoms with van der Waals surface area (Å²) in [6, 6.07) is 20.6. The highest BCUT2D eigenvalue weighted by molar-refractivity contribution is 5.76. The third-order valence-corrected chi connectivity index (χ3v) is 4.87. The summed E-state index contributed by atoms with van der Waals surface area (Å²) in [5.41, 5.74) is 2.19. The van der Waals surface area contributed by atoms with Gasteiger partial charge in [-0.2, -0.15) is 0 Å². The SMILES string of the molecule is CC1CN(C)CC(C)N1C(=O)NC(c1ccccc1)c1ccccc1. The molecule has 0 spiro atoms. The molecule has 1 aliphatic rings. The van der Waals surface area contributed by atoms with Gasteiger partial charge in [-0.3, -0.25) is 0 Å². The number of amides is 2. The van der Waals surface area contributed by atoms with Crippen molar-refractivity contribution in [1.29, 1.82) is 0 Å². The molecule has 2 amide bonds. The normalized spacial score (nSPS) is 21.4. The highest BCUT2D eigenvalue weighted by Gasteiger charge is 2.32. The van der Waals surface area contributed by atoms with E-state index in [0.29, 0.717) is 0 Å². The van der Waals surface area contributed by atoms with Crippen molar-refractivity contribution >= 4 is 6.03 Å². The number of hydrogen-bond acceptors (Lipinski definition) is 2. The van der Waals surface area contributed by atoms with Crippen molar-refractivity contribution in [3.8, 4) is 0 Å². The number of urea groups is 1. The molecule has 2 aromatic rings. The van der Waals surface area contributed by atoms with Gasteiger partial charge in [-0.05, 0) is 32.0 Å². The molecule has 2 aromatic carbocycles. The second-order valence-electron chi connectivity index (χ2n) is 7.03. The zero-order valence-electron chi connectivity index (χ0n) is 15.2. The molecule has 0 bridgehead atoms. The van der Waals surface area contributed by atoms with Gasteiger partial charge in [-0.1, -0.05) is 60.7 Å². The lowest BCUT2D eigenvalue weighted by atomic mass is 9.99. The maximum absolute atomic E-state index is 13.1. The predicted octanol–water partition coefficient (Wildman–Crippen LogP) is 3.51. The van der Waals surface area contributed by atoms with Crippen LogP contribution in [0.25, 0.3) is 0 Å². The summed E-state index contributed by atoms with van der Waals surface area (Å²) in [5, 5.41) is 3.26. The van der Waals surface area contributed by atoms with E-state index in [4.69, 9.17) is 0 Å². The zero-order valence-corrected chi connectivity index (χ0v) is 15.2. The van der Waals surface area contributed by atoms with E-state index in [1.54, 1.807) is 0 Å². The first-order valence-corrected chi connectivity index (χ1v) is 8.93. The minimum atomic E-state index is -0.144. The van der Waals surface area contributed by atoms with Gasteiger partial charge >= 0.3 is 6.03 Å². The van der Waals surface area contributed by atoms with E-state index in [-0.39, 0.29) is 24.2 Å². The first-order chi connectivity index (χ1) is 12.1. The third kappa shape index (κ3) is 4.02. The van der Waals surface area contributed by atoms with Crippen LogP contribution in [0.15, 0.2) is 60.7 Å². The molecule has 0 aliphatic carbocycles. The molecule has 3 rings (SSSR count). The van der Waals surface area contributed by atoms with E-state index in [1.165, 1.54) is 0 Å². The first kappa shape index (κ1) is 17.5. The standard InChI is InChI=1S/C21H27N3O/c1-16-14-23(3)15-17(2)24(16)21(25)22-20(18-10-6-4-7-11-18)19-12-8-5-9-13-19/h4-13,16-17,20H,14-15H2,1-3H3,(H,22,25). The number of carbonyl (C=O) groups excluding carboxylic acids is 1. The zero-order chi connectivity index (χ0) is 17.8. The van der Waals surface area contributed by atoms with Crippen LogP contribution >= 0.6 is 0 Å². The largest absolute Gasteiger partial charge is 0.327 e. The number of nitrogens with one attached hydrogen (secondary N) is 1. The molecule has 2 atom stereocenters. The lowest BCUT2D eigenvalue weighted by Crippen LogP contribution is -2.60. The highest BCUT2D eigenvalue weighted by Crippen LogP contribution is 2.23. The average molecular weight is 337 g/mol. The monoisotopic (exact) mass is 337 g/mol. The van der Waals surface area contributed by atoms with E-state index < -0.39 is 0 Å². The van der Waals surface area contributed by atoms with E-state index in [9.17, 15) is 4.79 Å². The molecule has 132 valence electrons. The van der Waals surface area contributed by atoms with E-state index in [2.05, 4.69) is 55.4 Å². The Morgan fingerprint density at radius 3 is 1.80 bits per heavy atom. The van der Waals surface area contributed by atoms with Gasteiger partial charge in [0.1, 0.15) is 0 Å². The molecule has 4 heteroatoms. The van der Waals surface area contributed by atoms with Gasteiger partial charge in [0.05, 0.1) is 6.04 Å². The van der Waals surface area contributed by atoms with Crippen LogP contribution in [0.5, 0.6) is 0 Å². The summed E-state index contributed by atoms with van der Waals surface area (Å²) in [6.07, 6.45) is 0. The smallest absolute Gasteiger partial charge is 0.318 e. The number of hydrogen-bond donors (Lipinski definition) is 1. The van der Waals surface area contributed by atoms with Gasteiger partial charge in [-0.15, -0.1) is 0 Å². The first-order valence-electron chi connectivity index (χ1n) is 8.93. The van der Waals surface area contributed by atoms with Crippen molar-refractivity contribution in [2.75, 3.05) is 20.1 Å². The number of piperazine rings is 1. The second-order valence-corrected chi connectivity index (χ2v) is 7.03. The summed E-state index contributed by atoms with van der Waals surface area (Å²) < 4.78 is 0. The maximum atomic E-state index is 13.1. The number of likely N-dealkylation sites (N-methyl/N-ethyl adjacent to an activating group) is 1. The summed E-state index contributed by atoms with van der Waals surface area (Å²) in [4.78, 5) is 17.3. The van der Waals surface area contributed by atoms with Crippen molar-refractivity contribution in [2.24, 2.45) is 0 Å². The topological polar surface area (TPSA) is 35.6 Å². The van der Waals surface area contributed by atoms with Crippen LogP contribution < -0.4 is 5.32 Å². The molecule has 1 aliphatic heterocycles. The summed E-state index contributed by atoms with van der Waals surface area (Å²) in [7, 11) is 2.11. The predicted molar refractivity (Wildman–Crippen MR) is 102 cm³/mol. The molecule has 1 N–H and O–H groups in total. The Morgan fingerprint density at radius 2 is 1.36 bits per heavy atom. The van der Waals surface area contributed by atoms with Gasteiger partial charge in [0, 0.05) is 25.2 Å². The molecule has 0 saturated carbocycles. The van der Waals surface area contributed by atoms with Crippen LogP contribution in [0, 0.1) is 0 Å². The third-order valence-electron chi connectivity index (χ3n) is 4.87. The molecule has 1 fully saturated rings. The molecule has 1 heterocycles. The Hall–Kier alpha value is -2.33. The Balaban J connectivity index is 1.84. The number of nitrogens with zero attached hydrogens (tertiary/aromatic N) is 2. The van der Waals surface area contributed by atoms with Crippen molar-refractivity contribution in [2.45, 2.75) is 32.0 Å². The Kier molecular flexibility index (Phi) is 5.39. The summed E-state index contributed by atoms with van der Waals surface area (Å²) in [5.74, 6) is 0. The van der Waals surface area contributed by atoms with Gasteiger partial charge in [0.25, 0.3) is 0 Å². The Labute approximate surface area is 150 Å². The lowest BCUT2D eigenvalue weighted by Gasteiger charge is -2.43. The van der Waals surface area contributed by atoms with Crippen LogP contribution in [0.3, 0.4) is 0 Å². The van der Waals surface area contributed by atoms with Crippen molar-refractivity contribution in [1.82, 2.24) is 15.1 Å². The molecule has 0 radical (unpaired) electrons. The van der Waals surface area contributed by atoms with E-state index >= 15 is 0 Å². The maximum Gasteiger partial charge on any atom is 0.318 e. The van der Waals surface area contributed by atoms with Gasteiger partial charge in [0.2, 0.25) is 0 Å². The number of rotatable bonds is 3. The average Bonchev–Trinajstić information content (AvgIpc) is 2.60. The summed E-state index contributed by atoms with van der Waals surface area (Å²) in [6.45, 7) is 6.04. The molecule has 1 saturated heterocycles. The lowest BCUT2D eigenvalue weighted by molar-refractivity contribution is 0.0769. The quantitative estimate of drug-likeness (QED) is 0.930. The minimum Gasteiger partial charge on any atom is -0.327 e. The van der Waals surface area contributed by atoms with Crippen LogP contribution in [0.1, 0.15) is 31.0 Å². The van der Waals surface area contributed by atoms with Gasteiger partial charge in [-0.25, -0.2) is 4.79 Å². The molecule has 4 nitrogen and oxygen atoms in total. The molecule has 2 unspecified atom stereocenters. The highest BCUT2D eigenvalue weighted by atomic mass is 16.2. The molecular formula is C21H27N3O. The Bertz CT molecular complexity index is 637. The van der Waals surface area contributed by atoms with Crippen LogP contribution in [0.2, 0.25) is 0 Å².